The predicted molar refractivity (Wildman–Crippen MR) is 117 cm³/mol. The molecule has 0 spiro atoms. The molecule has 1 heterocycles. The maximum atomic E-state index is 5.23. The fourth-order valence-electron chi connectivity index (χ4n) is 4.21. The lowest BCUT2D eigenvalue weighted by Gasteiger charge is -2.15. The number of ether oxygens (including phenoxy) is 1. The zero-order valence-electron chi connectivity index (χ0n) is 17.4. The number of nitrogens with zero attached hydrogens (tertiary/aromatic N) is 2. The molecule has 0 amide bonds. The Morgan fingerprint density at radius 1 is 1.00 bits per heavy atom. The minimum absolute atomic E-state index is 0.387. The lowest BCUT2D eigenvalue weighted by atomic mass is 9.96. The van der Waals surface area contributed by atoms with Crippen LogP contribution in [-0.2, 0) is 13.1 Å². The van der Waals surface area contributed by atoms with Crippen LogP contribution >= 0.6 is 0 Å². The molecule has 4 heteroatoms. The van der Waals surface area contributed by atoms with Gasteiger partial charge in [0.1, 0.15) is 5.75 Å². The summed E-state index contributed by atoms with van der Waals surface area (Å²) in [7, 11) is 1.70. The monoisotopic (exact) mass is 387 g/mol. The Morgan fingerprint density at radius 2 is 1.76 bits per heavy atom. The number of rotatable bonds is 7. The number of nitrogens with one attached hydrogen (secondary N) is 1. The van der Waals surface area contributed by atoms with E-state index in [0.29, 0.717) is 12.0 Å². The van der Waals surface area contributed by atoms with Crippen LogP contribution in [0, 0.1) is 13.8 Å². The zero-order valence-corrected chi connectivity index (χ0v) is 17.4. The van der Waals surface area contributed by atoms with Crippen LogP contribution in [0.15, 0.2) is 66.7 Å². The summed E-state index contributed by atoms with van der Waals surface area (Å²) in [5.41, 5.74) is 6.35. The van der Waals surface area contributed by atoms with Crippen molar-refractivity contribution in [1.82, 2.24) is 15.1 Å². The van der Waals surface area contributed by atoms with Gasteiger partial charge in [0.15, 0.2) is 0 Å². The van der Waals surface area contributed by atoms with Crippen LogP contribution in [0.25, 0.3) is 0 Å². The van der Waals surface area contributed by atoms with E-state index in [1.54, 1.807) is 7.11 Å². The molecule has 150 valence electrons. The molecule has 2 aromatic carbocycles. The van der Waals surface area contributed by atoms with E-state index in [-0.39, 0.29) is 0 Å². The molecule has 0 radical (unpaired) electrons. The van der Waals surface area contributed by atoms with E-state index in [4.69, 9.17) is 9.84 Å². The number of aryl methyl sites for hydroxylation is 1. The first-order valence-corrected chi connectivity index (χ1v) is 10.3. The van der Waals surface area contributed by atoms with E-state index in [1.807, 2.05) is 12.1 Å². The molecule has 4 nitrogen and oxygen atoms in total. The van der Waals surface area contributed by atoms with Crippen molar-refractivity contribution in [3.8, 4) is 5.75 Å². The largest absolute Gasteiger partial charge is 0.497 e. The predicted octanol–water partition coefficient (Wildman–Crippen LogP) is 4.76. The van der Waals surface area contributed by atoms with Crippen molar-refractivity contribution in [2.45, 2.75) is 45.3 Å². The summed E-state index contributed by atoms with van der Waals surface area (Å²) in [6.45, 7) is 6.01. The molecule has 0 bridgehead atoms. The summed E-state index contributed by atoms with van der Waals surface area (Å²) in [5.74, 6) is 1.32. The number of aromatic nitrogens is 2. The van der Waals surface area contributed by atoms with Crippen LogP contribution < -0.4 is 10.1 Å². The summed E-state index contributed by atoms with van der Waals surface area (Å²) in [4.78, 5) is 0. The average Bonchev–Trinajstić information content (AvgIpc) is 3.31. The molecule has 4 rings (SSSR count). The second-order valence-electron chi connectivity index (χ2n) is 7.79. The van der Waals surface area contributed by atoms with Gasteiger partial charge in [0.2, 0.25) is 0 Å². The Morgan fingerprint density at radius 3 is 2.48 bits per heavy atom. The summed E-state index contributed by atoms with van der Waals surface area (Å²) < 4.78 is 7.38. The minimum Gasteiger partial charge on any atom is -0.497 e. The number of methoxy groups -OCH3 is 1. The smallest absolute Gasteiger partial charge is 0.118 e. The van der Waals surface area contributed by atoms with E-state index < -0.39 is 0 Å². The molecule has 1 aromatic heterocycles. The SMILES string of the molecule is COc1ccc(CN[C@@H]2C=C[C@H](c3c(C)nn(Cc4ccccc4)c3C)C2)cc1. The van der Waals surface area contributed by atoms with Gasteiger partial charge in [-0.25, -0.2) is 0 Å². The first-order chi connectivity index (χ1) is 14.1. The number of allylic oxidation sites excluding steroid dienone is 1. The first-order valence-electron chi connectivity index (χ1n) is 10.3. The number of hydrogen-bond acceptors (Lipinski definition) is 3. The van der Waals surface area contributed by atoms with Gasteiger partial charge in [-0.05, 0) is 43.5 Å². The molecule has 0 saturated heterocycles. The van der Waals surface area contributed by atoms with Gasteiger partial charge in [-0.15, -0.1) is 0 Å². The second-order valence-corrected chi connectivity index (χ2v) is 7.79. The fourth-order valence-corrected chi connectivity index (χ4v) is 4.21. The first kappa shape index (κ1) is 19.5. The molecule has 1 N–H and O–H groups in total. The lowest BCUT2D eigenvalue weighted by Crippen LogP contribution is -2.25. The molecule has 1 aliphatic rings. The topological polar surface area (TPSA) is 39.1 Å². The van der Waals surface area contributed by atoms with E-state index in [2.05, 4.69) is 78.5 Å². The molecule has 0 saturated carbocycles. The van der Waals surface area contributed by atoms with Gasteiger partial charge >= 0.3 is 0 Å². The van der Waals surface area contributed by atoms with Crippen LogP contribution in [0.3, 0.4) is 0 Å². The van der Waals surface area contributed by atoms with Gasteiger partial charge in [-0.1, -0.05) is 54.6 Å². The van der Waals surface area contributed by atoms with Gasteiger partial charge in [0.25, 0.3) is 0 Å². The number of benzene rings is 2. The van der Waals surface area contributed by atoms with Gasteiger partial charge in [0, 0.05) is 29.8 Å². The Balaban J connectivity index is 1.39. The highest BCUT2D eigenvalue weighted by atomic mass is 16.5. The molecule has 0 fully saturated rings. The summed E-state index contributed by atoms with van der Waals surface area (Å²) in [6.07, 6.45) is 5.73. The number of hydrogen-bond donors (Lipinski definition) is 1. The van der Waals surface area contributed by atoms with Gasteiger partial charge < -0.3 is 10.1 Å². The van der Waals surface area contributed by atoms with E-state index in [9.17, 15) is 0 Å². The molecule has 0 aliphatic heterocycles. The fraction of sp³-hybridized carbons (Fsp3) is 0.320. The third-order valence-corrected chi connectivity index (χ3v) is 5.79. The summed E-state index contributed by atoms with van der Waals surface area (Å²) in [5, 5.41) is 8.50. The van der Waals surface area contributed by atoms with Gasteiger partial charge in [-0.2, -0.15) is 5.10 Å². The summed E-state index contributed by atoms with van der Waals surface area (Å²) in [6, 6.07) is 19.2. The Labute approximate surface area is 173 Å². The molecule has 0 unspecified atom stereocenters. The third-order valence-electron chi connectivity index (χ3n) is 5.79. The highest BCUT2D eigenvalue weighted by Gasteiger charge is 2.25. The molecule has 29 heavy (non-hydrogen) atoms. The molecule has 2 atom stereocenters. The van der Waals surface area contributed by atoms with Crippen LogP contribution in [-0.4, -0.2) is 22.9 Å². The highest BCUT2D eigenvalue weighted by Crippen LogP contribution is 2.33. The van der Waals surface area contributed by atoms with Crippen LogP contribution in [0.1, 0.15) is 40.4 Å². The summed E-state index contributed by atoms with van der Waals surface area (Å²) >= 11 is 0. The van der Waals surface area contributed by atoms with Crippen molar-refractivity contribution >= 4 is 0 Å². The van der Waals surface area contributed by atoms with Crippen molar-refractivity contribution in [3.63, 3.8) is 0 Å². The molecule has 3 aromatic rings. The van der Waals surface area contributed by atoms with Crippen LogP contribution in [0.4, 0.5) is 0 Å². The minimum atomic E-state index is 0.387. The van der Waals surface area contributed by atoms with Crippen molar-refractivity contribution in [2.24, 2.45) is 0 Å². The zero-order chi connectivity index (χ0) is 20.2. The van der Waals surface area contributed by atoms with Crippen molar-refractivity contribution < 1.29 is 4.74 Å². The van der Waals surface area contributed by atoms with Crippen LogP contribution in [0.5, 0.6) is 5.75 Å². The van der Waals surface area contributed by atoms with Crippen molar-refractivity contribution in [3.05, 3.63) is 94.8 Å². The van der Waals surface area contributed by atoms with E-state index >= 15 is 0 Å². The van der Waals surface area contributed by atoms with E-state index in [0.717, 1.165) is 31.0 Å². The molecular weight excluding hydrogens is 358 g/mol. The Hall–Kier alpha value is -2.85. The standard InChI is InChI=1S/C25H29N3O/c1-18-25(19(2)28(27-18)17-21-7-5-4-6-8-21)22-11-12-23(15-22)26-16-20-9-13-24(29-3)14-10-20/h4-14,22-23,26H,15-17H2,1-3H3/t22-,23+/m0/s1. The Bertz CT molecular complexity index is 973. The van der Waals surface area contributed by atoms with Gasteiger partial charge in [-0.3, -0.25) is 4.68 Å². The molecular formula is C25H29N3O. The van der Waals surface area contributed by atoms with E-state index in [1.165, 1.54) is 22.4 Å². The van der Waals surface area contributed by atoms with Crippen molar-refractivity contribution in [1.29, 1.82) is 0 Å². The lowest BCUT2D eigenvalue weighted by molar-refractivity contribution is 0.414. The second kappa shape index (κ2) is 8.66. The molecule has 1 aliphatic carbocycles. The third kappa shape index (κ3) is 4.43. The van der Waals surface area contributed by atoms with Crippen LogP contribution in [0.2, 0.25) is 0 Å². The normalized spacial score (nSPS) is 18.3. The maximum absolute atomic E-state index is 5.23. The van der Waals surface area contributed by atoms with Crippen molar-refractivity contribution in [2.75, 3.05) is 7.11 Å². The Kier molecular flexibility index (Phi) is 5.81. The quantitative estimate of drug-likeness (QED) is 0.594. The highest BCUT2D eigenvalue weighted by molar-refractivity contribution is 5.35. The van der Waals surface area contributed by atoms with Gasteiger partial charge in [0.05, 0.1) is 19.3 Å². The maximum Gasteiger partial charge on any atom is 0.118 e. The average molecular weight is 388 g/mol.